The van der Waals surface area contributed by atoms with Gasteiger partial charge < -0.3 is 10.1 Å². The van der Waals surface area contributed by atoms with E-state index in [2.05, 4.69) is 24.0 Å². The smallest absolute Gasteiger partial charge is 0.228 e. The van der Waals surface area contributed by atoms with Gasteiger partial charge in [-0.05, 0) is 42.0 Å². The van der Waals surface area contributed by atoms with Gasteiger partial charge in [-0.25, -0.2) is 0 Å². The van der Waals surface area contributed by atoms with Crippen LogP contribution in [0.4, 0.5) is 5.69 Å². The van der Waals surface area contributed by atoms with E-state index >= 15 is 0 Å². The Labute approximate surface area is 174 Å². The normalized spacial score (nSPS) is 10.2. The molecule has 0 bridgehead atoms. The average molecular weight is 409 g/mol. The second-order valence-corrected chi connectivity index (χ2v) is 6.98. The molecular weight excluding hydrogens is 392 g/mol. The number of nitrogens with zero attached hydrogens (tertiary/aromatic N) is 1. The van der Waals surface area contributed by atoms with Crippen molar-refractivity contribution in [2.45, 2.75) is 17.9 Å². The minimum Gasteiger partial charge on any atom is -0.489 e. The van der Waals surface area contributed by atoms with E-state index in [1.54, 1.807) is 42.5 Å². The molecule has 3 rings (SSSR count). The van der Waals surface area contributed by atoms with Crippen LogP contribution in [0, 0.1) is 11.3 Å². The minimum atomic E-state index is -0.154. The number of benzene rings is 3. The van der Waals surface area contributed by atoms with Crippen LogP contribution in [0.2, 0.25) is 5.02 Å². The largest absolute Gasteiger partial charge is 0.489 e. The Morgan fingerprint density at radius 1 is 1.07 bits per heavy atom. The monoisotopic (exact) mass is 408 g/mol. The van der Waals surface area contributed by atoms with Crippen molar-refractivity contribution in [3.05, 3.63) is 88.4 Å². The fourth-order valence-corrected chi connectivity index (χ4v) is 3.08. The quantitative estimate of drug-likeness (QED) is 0.547. The molecule has 140 valence electrons. The standard InChI is InChI=1S/C22H17ClN2O2S/c23-20-7-2-1-5-16(20)11-22(26)25-18-9-8-17(21(28)12-18)14-27-19-6-3-4-15(10-19)13-24/h1-10,12,28H,11,14H2,(H,25,26). The Bertz CT molecular complexity index is 1050. The molecule has 0 saturated heterocycles. The lowest BCUT2D eigenvalue weighted by atomic mass is 10.1. The molecule has 1 N–H and O–H groups in total. The van der Waals surface area contributed by atoms with Gasteiger partial charge in [0.2, 0.25) is 5.91 Å². The first-order chi connectivity index (χ1) is 13.5. The van der Waals surface area contributed by atoms with Gasteiger partial charge in [0.1, 0.15) is 12.4 Å². The van der Waals surface area contributed by atoms with E-state index in [0.717, 1.165) is 11.1 Å². The number of carbonyl (C=O) groups excluding carboxylic acids is 1. The Morgan fingerprint density at radius 2 is 1.89 bits per heavy atom. The molecule has 3 aromatic rings. The number of halogens is 1. The Kier molecular flexibility index (Phi) is 6.59. The second-order valence-electron chi connectivity index (χ2n) is 6.09. The van der Waals surface area contributed by atoms with Gasteiger partial charge in [-0.2, -0.15) is 5.26 Å². The lowest BCUT2D eigenvalue weighted by molar-refractivity contribution is -0.115. The Hall–Kier alpha value is -2.94. The third-order valence-electron chi connectivity index (χ3n) is 4.04. The van der Waals surface area contributed by atoms with E-state index in [0.29, 0.717) is 33.5 Å². The third-order valence-corrected chi connectivity index (χ3v) is 4.82. The molecule has 0 unspecified atom stereocenters. The van der Waals surface area contributed by atoms with Gasteiger partial charge >= 0.3 is 0 Å². The maximum Gasteiger partial charge on any atom is 0.228 e. The topological polar surface area (TPSA) is 62.1 Å². The molecule has 28 heavy (non-hydrogen) atoms. The van der Waals surface area contributed by atoms with Crippen molar-refractivity contribution in [2.24, 2.45) is 0 Å². The summed E-state index contributed by atoms with van der Waals surface area (Å²) < 4.78 is 5.73. The van der Waals surface area contributed by atoms with Crippen LogP contribution in [0.1, 0.15) is 16.7 Å². The summed E-state index contributed by atoms with van der Waals surface area (Å²) in [5, 5.41) is 12.4. The minimum absolute atomic E-state index is 0.154. The molecule has 0 fully saturated rings. The van der Waals surface area contributed by atoms with Crippen LogP contribution in [-0.2, 0) is 17.8 Å². The molecule has 0 atom stereocenters. The number of ether oxygens (including phenoxy) is 1. The fourth-order valence-electron chi connectivity index (χ4n) is 2.60. The van der Waals surface area contributed by atoms with Crippen LogP contribution in [0.5, 0.6) is 5.75 Å². The molecule has 4 nitrogen and oxygen atoms in total. The van der Waals surface area contributed by atoms with Gasteiger partial charge in [0.25, 0.3) is 0 Å². The van der Waals surface area contributed by atoms with Crippen molar-refractivity contribution in [3.63, 3.8) is 0 Å². The number of nitriles is 1. The predicted molar refractivity (Wildman–Crippen MR) is 113 cm³/mol. The van der Waals surface area contributed by atoms with Gasteiger partial charge in [0.15, 0.2) is 0 Å². The first-order valence-electron chi connectivity index (χ1n) is 8.53. The van der Waals surface area contributed by atoms with E-state index in [4.69, 9.17) is 21.6 Å². The summed E-state index contributed by atoms with van der Waals surface area (Å²) in [6, 6.07) is 21.7. The lowest BCUT2D eigenvalue weighted by Gasteiger charge is -2.11. The lowest BCUT2D eigenvalue weighted by Crippen LogP contribution is -2.14. The van der Waals surface area contributed by atoms with Crippen LogP contribution in [0.15, 0.2) is 71.6 Å². The molecule has 6 heteroatoms. The zero-order valence-electron chi connectivity index (χ0n) is 14.9. The van der Waals surface area contributed by atoms with Gasteiger partial charge in [-0.3, -0.25) is 4.79 Å². The molecule has 0 spiro atoms. The van der Waals surface area contributed by atoms with Gasteiger partial charge in [-0.15, -0.1) is 12.6 Å². The van der Waals surface area contributed by atoms with Crippen molar-refractivity contribution >= 4 is 35.8 Å². The Morgan fingerprint density at radius 3 is 2.64 bits per heavy atom. The van der Waals surface area contributed by atoms with Gasteiger partial charge in [0, 0.05) is 21.2 Å². The first kappa shape index (κ1) is 19.8. The number of hydrogen-bond acceptors (Lipinski definition) is 4. The molecule has 3 aromatic carbocycles. The maximum absolute atomic E-state index is 12.3. The number of carbonyl (C=O) groups is 1. The van der Waals surface area contributed by atoms with Gasteiger partial charge in [0.05, 0.1) is 18.1 Å². The van der Waals surface area contributed by atoms with Gasteiger partial charge in [-0.1, -0.05) is 41.9 Å². The number of amides is 1. The zero-order valence-corrected chi connectivity index (χ0v) is 16.5. The second kappa shape index (κ2) is 9.32. The summed E-state index contributed by atoms with van der Waals surface area (Å²) in [6.07, 6.45) is 0.196. The van der Waals surface area contributed by atoms with Crippen molar-refractivity contribution in [3.8, 4) is 11.8 Å². The van der Waals surface area contributed by atoms with E-state index in [1.807, 2.05) is 24.3 Å². The molecule has 0 aliphatic heterocycles. The van der Waals surface area contributed by atoms with Crippen molar-refractivity contribution in [2.75, 3.05) is 5.32 Å². The highest BCUT2D eigenvalue weighted by atomic mass is 35.5. The molecule has 0 aromatic heterocycles. The van der Waals surface area contributed by atoms with Crippen LogP contribution in [0.25, 0.3) is 0 Å². The third kappa shape index (κ3) is 5.29. The number of rotatable bonds is 6. The molecule has 0 aliphatic carbocycles. The summed E-state index contributed by atoms with van der Waals surface area (Å²) in [7, 11) is 0. The number of hydrogen-bond donors (Lipinski definition) is 2. The maximum atomic E-state index is 12.3. The molecular formula is C22H17ClN2O2S. The van der Waals surface area contributed by atoms with Crippen molar-refractivity contribution in [1.82, 2.24) is 0 Å². The van der Waals surface area contributed by atoms with Crippen molar-refractivity contribution in [1.29, 1.82) is 5.26 Å². The number of thiol groups is 1. The average Bonchev–Trinajstić information content (AvgIpc) is 2.69. The summed E-state index contributed by atoms with van der Waals surface area (Å²) >= 11 is 10.6. The Balaban J connectivity index is 1.61. The van der Waals surface area contributed by atoms with Crippen molar-refractivity contribution < 1.29 is 9.53 Å². The first-order valence-corrected chi connectivity index (χ1v) is 9.36. The van der Waals surface area contributed by atoms with E-state index in [-0.39, 0.29) is 12.3 Å². The molecule has 0 saturated carbocycles. The number of anilines is 1. The summed E-state index contributed by atoms with van der Waals surface area (Å²) in [4.78, 5) is 13.0. The zero-order chi connectivity index (χ0) is 19.9. The van der Waals surface area contributed by atoms with Crippen LogP contribution in [0.3, 0.4) is 0 Å². The molecule has 1 amide bonds. The highest BCUT2D eigenvalue weighted by molar-refractivity contribution is 7.80. The van der Waals surface area contributed by atoms with E-state index in [9.17, 15) is 4.79 Å². The van der Waals surface area contributed by atoms with E-state index < -0.39 is 0 Å². The van der Waals surface area contributed by atoms with Crippen LogP contribution >= 0.6 is 24.2 Å². The highest BCUT2D eigenvalue weighted by Gasteiger charge is 2.09. The summed E-state index contributed by atoms with van der Waals surface area (Å²) in [5.41, 5.74) is 2.84. The van der Waals surface area contributed by atoms with Crippen LogP contribution in [-0.4, -0.2) is 5.91 Å². The number of nitrogens with one attached hydrogen (secondary N) is 1. The van der Waals surface area contributed by atoms with Crippen LogP contribution < -0.4 is 10.1 Å². The summed E-state index contributed by atoms with van der Waals surface area (Å²) in [6.45, 7) is 0.307. The summed E-state index contributed by atoms with van der Waals surface area (Å²) in [5.74, 6) is 0.460. The molecule has 0 heterocycles. The highest BCUT2D eigenvalue weighted by Crippen LogP contribution is 2.23. The predicted octanol–water partition coefficient (Wildman–Crippen LogP) is 5.26. The SMILES string of the molecule is N#Cc1cccc(OCc2ccc(NC(=O)Cc3ccccc3Cl)cc2S)c1. The fraction of sp³-hybridized carbons (Fsp3) is 0.0909. The molecule has 0 aliphatic rings. The van der Waals surface area contributed by atoms with E-state index in [1.165, 1.54) is 0 Å². The molecule has 0 radical (unpaired) electrons.